The molecule has 0 spiro atoms. The van der Waals surface area contributed by atoms with E-state index in [1.54, 1.807) is 0 Å². The SMILES string of the molecule is CN(C)CCOc1ccc(-c2cc3c(N4CCCC4)nc(N4CCCC4)nc3n2C)cc1. The lowest BCUT2D eigenvalue weighted by Gasteiger charge is -2.21. The molecule has 0 N–H and O–H groups in total. The number of hydrogen-bond acceptors (Lipinski definition) is 6. The van der Waals surface area contributed by atoms with E-state index in [9.17, 15) is 0 Å². The van der Waals surface area contributed by atoms with Crippen LogP contribution >= 0.6 is 0 Å². The second-order valence-corrected chi connectivity index (χ2v) is 9.24. The summed E-state index contributed by atoms with van der Waals surface area (Å²) < 4.78 is 8.09. The molecule has 2 aliphatic heterocycles. The summed E-state index contributed by atoms with van der Waals surface area (Å²) >= 11 is 0. The molecule has 0 amide bonds. The third kappa shape index (κ3) is 4.13. The van der Waals surface area contributed by atoms with Crippen LogP contribution in [-0.4, -0.2) is 72.9 Å². The summed E-state index contributed by atoms with van der Waals surface area (Å²) in [5.41, 5.74) is 3.35. The Morgan fingerprint density at radius 1 is 0.906 bits per heavy atom. The summed E-state index contributed by atoms with van der Waals surface area (Å²) in [5, 5.41) is 1.15. The van der Waals surface area contributed by atoms with Crippen LogP contribution in [0.5, 0.6) is 5.75 Å². The Morgan fingerprint density at radius 3 is 2.22 bits per heavy atom. The lowest BCUT2D eigenvalue weighted by molar-refractivity contribution is 0.261. The number of anilines is 2. The predicted octanol–water partition coefficient (Wildman–Crippen LogP) is 3.78. The van der Waals surface area contributed by atoms with Gasteiger partial charge in [-0.1, -0.05) is 0 Å². The van der Waals surface area contributed by atoms with Gasteiger partial charge < -0.3 is 24.0 Å². The van der Waals surface area contributed by atoms with Crippen LogP contribution in [0, 0.1) is 0 Å². The molecule has 5 rings (SSSR count). The van der Waals surface area contributed by atoms with Gasteiger partial charge in [0.2, 0.25) is 5.95 Å². The van der Waals surface area contributed by atoms with Crippen LogP contribution in [0.4, 0.5) is 11.8 Å². The van der Waals surface area contributed by atoms with E-state index >= 15 is 0 Å². The Hall–Kier alpha value is -2.80. The van der Waals surface area contributed by atoms with Crippen LogP contribution in [0.25, 0.3) is 22.3 Å². The molecule has 1 aromatic carbocycles. The molecule has 2 fully saturated rings. The molecule has 2 aliphatic rings. The number of fused-ring (bicyclic) bond motifs is 1. The number of aromatic nitrogens is 3. The molecule has 3 aromatic rings. The van der Waals surface area contributed by atoms with Crippen LogP contribution in [0.3, 0.4) is 0 Å². The lowest BCUT2D eigenvalue weighted by atomic mass is 10.1. The fourth-order valence-corrected chi connectivity index (χ4v) is 4.74. The van der Waals surface area contributed by atoms with E-state index in [1.807, 2.05) is 0 Å². The standard InChI is InChI=1S/C25H34N6O/c1-28(2)16-17-32-20-10-8-19(9-11-20)22-18-21-23(29(22)3)26-25(31-14-6-7-15-31)27-24(21)30-12-4-5-13-30/h8-11,18H,4-7,12-17H2,1-3H3. The number of rotatable bonds is 7. The molecular weight excluding hydrogens is 400 g/mol. The maximum absolute atomic E-state index is 5.87. The van der Waals surface area contributed by atoms with Gasteiger partial charge in [0.1, 0.15) is 23.8 Å². The maximum Gasteiger partial charge on any atom is 0.229 e. The fraction of sp³-hybridized carbons (Fsp3) is 0.520. The van der Waals surface area contributed by atoms with Crippen molar-refractivity contribution in [2.75, 3.05) is 63.2 Å². The zero-order valence-corrected chi connectivity index (χ0v) is 19.5. The minimum absolute atomic E-state index is 0.689. The highest BCUT2D eigenvalue weighted by Crippen LogP contribution is 2.35. The molecule has 0 radical (unpaired) electrons. The number of ether oxygens (including phenoxy) is 1. The molecule has 4 heterocycles. The number of aryl methyl sites for hydroxylation is 1. The molecule has 0 unspecified atom stereocenters. The highest BCUT2D eigenvalue weighted by molar-refractivity contribution is 5.94. The third-order valence-corrected chi connectivity index (χ3v) is 6.61. The zero-order chi connectivity index (χ0) is 22.1. The first-order chi connectivity index (χ1) is 15.6. The van der Waals surface area contributed by atoms with Gasteiger partial charge in [-0.25, -0.2) is 0 Å². The number of nitrogens with zero attached hydrogens (tertiary/aromatic N) is 6. The van der Waals surface area contributed by atoms with Crippen molar-refractivity contribution in [3.63, 3.8) is 0 Å². The second-order valence-electron chi connectivity index (χ2n) is 9.24. The van der Waals surface area contributed by atoms with Crippen molar-refractivity contribution in [3.8, 4) is 17.0 Å². The summed E-state index contributed by atoms with van der Waals surface area (Å²) in [7, 11) is 6.23. The first-order valence-corrected chi connectivity index (χ1v) is 11.9. The Labute approximate surface area is 190 Å². The van der Waals surface area contributed by atoms with Crippen LogP contribution in [-0.2, 0) is 7.05 Å². The molecule has 0 atom stereocenters. The summed E-state index contributed by atoms with van der Waals surface area (Å²) in [4.78, 5) is 17.0. The maximum atomic E-state index is 5.87. The molecule has 0 aliphatic carbocycles. The quantitative estimate of drug-likeness (QED) is 0.564. The van der Waals surface area contributed by atoms with Crippen molar-refractivity contribution in [1.29, 1.82) is 0 Å². The van der Waals surface area contributed by atoms with Crippen LogP contribution in [0.2, 0.25) is 0 Å². The third-order valence-electron chi connectivity index (χ3n) is 6.61. The predicted molar refractivity (Wildman–Crippen MR) is 131 cm³/mol. The van der Waals surface area contributed by atoms with Gasteiger partial charge in [0, 0.05) is 39.8 Å². The van der Waals surface area contributed by atoms with Gasteiger partial charge >= 0.3 is 0 Å². The van der Waals surface area contributed by atoms with Crippen LogP contribution < -0.4 is 14.5 Å². The molecule has 7 nitrogen and oxygen atoms in total. The summed E-state index contributed by atoms with van der Waals surface area (Å²) in [5.74, 6) is 2.89. The van der Waals surface area contributed by atoms with Gasteiger partial charge in [-0.15, -0.1) is 0 Å². The average Bonchev–Trinajstić information content (AvgIpc) is 3.56. The second kappa shape index (κ2) is 8.98. The van der Waals surface area contributed by atoms with Crippen molar-refractivity contribution >= 4 is 22.8 Å². The summed E-state index contributed by atoms with van der Waals surface area (Å²) in [6, 6.07) is 10.7. The first-order valence-electron chi connectivity index (χ1n) is 11.9. The van der Waals surface area contributed by atoms with Gasteiger partial charge in [0.15, 0.2) is 0 Å². The minimum atomic E-state index is 0.689. The minimum Gasteiger partial charge on any atom is -0.492 e. The number of benzene rings is 1. The topological polar surface area (TPSA) is 49.7 Å². The number of likely N-dealkylation sites (N-methyl/N-ethyl adjacent to an activating group) is 1. The van der Waals surface area contributed by atoms with Gasteiger partial charge in [-0.2, -0.15) is 9.97 Å². The van der Waals surface area contributed by atoms with E-state index in [0.29, 0.717) is 6.61 Å². The highest BCUT2D eigenvalue weighted by Gasteiger charge is 2.24. The molecule has 0 saturated carbocycles. The lowest BCUT2D eigenvalue weighted by Crippen LogP contribution is -2.24. The molecule has 2 saturated heterocycles. The summed E-state index contributed by atoms with van der Waals surface area (Å²) in [6.07, 6.45) is 4.92. The molecular formula is C25H34N6O. The van der Waals surface area contributed by atoms with E-state index in [2.05, 4.69) is 70.7 Å². The van der Waals surface area contributed by atoms with E-state index in [-0.39, 0.29) is 0 Å². The first kappa shape index (κ1) is 21.1. The highest BCUT2D eigenvalue weighted by atomic mass is 16.5. The van der Waals surface area contributed by atoms with Crippen LogP contribution in [0.1, 0.15) is 25.7 Å². The number of hydrogen-bond donors (Lipinski definition) is 0. The normalized spacial score (nSPS) is 16.6. The Balaban J connectivity index is 1.50. The monoisotopic (exact) mass is 434 g/mol. The van der Waals surface area contributed by atoms with E-state index in [1.165, 1.54) is 31.2 Å². The largest absolute Gasteiger partial charge is 0.492 e. The van der Waals surface area contributed by atoms with Crippen molar-refractivity contribution in [1.82, 2.24) is 19.4 Å². The van der Waals surface area contributed by atoms with E-state index < -0.39 is 0 Å². The van der Waals surface area contributed by atoms with E-state index in [0.717, 1.165) is 67.0 Å². The van der Waals surface area contributed by atoms with E-state index in [4.69, 9.17) is 14.7 Å². The van der Waals surface area contributed by atoms with Gasteiger partial charge in [0.25, 0.3) is 0 Å². The molecule has 170 valence electrons. The summed E-state index contributed by atoms with van der Waals surface area (Å²) in [6.45, 7) is 5.86. The Kier molecular flexibility index (Phi) is 5.91. The Bertz CT molecular complexity index is 1060. The molecule has 7 heteroatoms. The smallest absolute Gasteiger partial charge is 0.229 e. The zero-order valence-electron chi connectivity index (χ0n) is 19.5. The van der Waals surface area contributed by atoms with Gasteiger partial charge in [-0.3, -0.25) is 0 Å². The average molecular weight is 435 g/mol. The van der Waals surface area contributed by atoms with Crippen molar-refractivity contribution < 1.29 is 4.74 Å². The molecule has 0 bridgehead atoms. The van der Waals surface area contributed by atoms with Crippen molar-refractivity contribution in [3.05, 3.63) is 30.3 Å². The van der Waals surface area contributed by atoms with Crippen LogP contribution in [0.15, 0.2) is 30.3 Å². The van der Waals surface area contributed by atoms with Crippen molar-refractivity contribution in [2.45, 2.75) is 25.7 Å². The molecule has 2 aromatic heterocycles. The van der Waals surface area contributed by atoms with Crippen molar-refractivity contribution in [2.24, 2.45) is 7.05 Å². The Morgan fingerprint density at radius 2 is 1.56 bits per heavy atom. The molecule has 32 heavy (non-hydrogen) atoms. The van der Waals surface area contributed by atoms with Gasteiger partial charge in [-0.05, 0) is 75.7 Å². The fourth-order valence-electron chi connectivity index (χ4n) is 4.74. The van der Waals surface area contributed by atoms with Gasteiger partial charge in [0.05, 0.1) is 11.1 Å².